The number of hydrogen-bond donors (Lipinski definition) is 2. The summed E-state index contributed by atoms with van der Waals surface area (Å²) in [5.41, 5.74) is 1.07. The van der Waals surface area contributed by atoms with Gasteiger partial charge in [-0.15, -0.1) is 0 Å². The standard InChI is InChI=1S/C22H30N2O2/c1-15(24-21(26)19-5-3-2-4-6-19)20(25)23-8-7-22-12-16-9-17(13-22)11-18(10-16)14-22/h2-6,15-18H,7-14H2,1H3,(H,23,25)(H,24,26). The van der Waals surface area contributed by atoms with Crippen molar-refractivity contribution in [2.45, 2.75) is 57.9 Å². The monoisotopic (exact) mass is 354 g/mol. The van der Waals surface area contributed by atoms with Gasteiger partial charge in [-0.3, -0.25) is 9.59 Å². The molecule has 0 aliphatic heterocycles. The summed E-state index contributed by atoms with van der Waals surface area (Å²) >= 11 is 0. The highest BCUT2D eigenvalue weighted by Gasteiger charge is 2.50. The molecule has 0 heterocycles. The van der Waals surface area contributed by atoms with E-state index in [2.05, 4.69) is 10.6 Å². The van der Waals surface area contributed by atoms with Crippen LogP contribution in [0, 0.1) is 23.2 Å². The summed E-state index contributed by atoms with van der Waals surface area (Å²) < 4.78 is 0. The van der Waals surface area contributed by atoms with Crippen molar-refractivity contribution in [3.05, 3.63) is 35.9 Å². The van der Waals surface area contributed by atoms with E-state index >= 15 is 0 Å². The normalized spacial score (nSPS) is 32.9. The molecule has 4 bridgehead atoms. The van der Waals surface area contributed by atoms with Crippen molar-refractivity contribution in [1.82, 2.24) is 10.6 Å². The van der Waals surface area contributed by atoms with Gasteiger partial charge in [-0.2, -0.15) is 0 Å². The lowest BCUT2D eigenvalue weighted by Gasteiger charge is -2.57. The van der Waals surface area contributed by atoms with E-state index in [9.17, 15) is 9.59 Å². The molecule has 4 heteroatoms. The van der Waals surface area contributed by atoms with Gasteiger partial charge in [-0.1, -0.05) is 18.2 Å². The van der Waals surface area contributed by atoms with Gasteiger partial charge in [0.05, 0.1) is 0 Å². The SMILES string of the molecule is CC(NC(=O)c1ccccc1)C(=O)NCCC12CC3CC(CC(C3)C1)C2. The molecule has 1 unspecified atom stereocenters. The fourth-order valence-electron chi connectivity index (χ4n) is 6.14. The van der Waals surface area contributed by atoms with E-state index in [0.717, 1.165) is 30.7 Å². The molecular formula is C22H30N2O2. The molecule has 4 saturated carbocycles. The van der Waals surface area contributed by atoms with E-state index < -0.39 is 6.04 Å². The van der Waals surface area contributed by atoms with Gasteiger partial charge in [0.2, 0.25) is 5.91 Å². The van der Waals surface area contributed by atoms with Gasteiger partial charge in [0.15, 0.2) is 0 Å². The Labute approximate surface area is 156 Å². The molecule has 2 N–H and O–H groups in total. The highest BCUT2D eigenvalue weighted by atomic mass is 16.2. The zero-order valence-corrected chi connectivity index (χ0v) is 15.7. The number of amides is 2. The minimum absolute atomic E-state index is 0.0843. The molecule has 1 aromatic rings. The van der Waals surface area contributed by atoms with E-state index in [1.165, 1.54) is 38.5 Å². The molecule has 4 aliphatic rings. The molecule has 4 fully saturated rings. The van der Waals surface area contributed by atoms with Crippen molar-refractivity contribution in [1.29, 1.82) is 0 Å². The van der Waals surface area contributed by atoms with Gasteiger partial charge in [0.25, 0.3) is 5.91 Å². The van der Waals surface area contributed by atoms with E-state index in [-0.39, 0.29) is 11.8 Å². The maximum absolute atomic E-state index is 12.4. The average Bonchev–Trinajstić information content (AvgIpc) is 2.61. The third kappa shape index (κ3) is 3.65. The van der Waals surface area contributed by atoms with Gasteiger partial charge in [-0.05, 0) is 87.2 Å². The van der Waals surface area contributed by atoms with Crippen LogP contribution in [0.1, 0.15) is 62.2 Å². The second kappa shape index (κ2) is 7.05. The lowest BCUT2D eigenvalue weighted by Crippen LogP contribution is -2.49. The number of rotatable bonds is 6. The number of carbonyl (C=O) groups excluding carboxylic acids is 2. The summed E-state index contributed by atoms with van der Waals surface area (Å²) in [6.07, 6.45) is 9.57. The molecule has 4 nitrogen and oxygen atoms in total. The lowest BCUT2D eigenvalue weighted by atomic mass is 9.49. The molecule has 0 aromatic heterocycles. The number of carbonyl (C=O) groups is 2. The van der Waals surface area contributed by atoms with Crippen LogP contribution in [0.3, 0.4) is 0 Å². The number of nitrogens with one attached hydrogen (secondary N) is 2. The van der Waals surface area contributed by atoms with Crippen LogP contribution in [0.15, 0.2) is 30.3 Å². The van der Waals surface area contributed by atoms with E-state index in [4.69, 9.17) is 0 Å². The van der Waals surface area contributed by atoms with Crippen LogP contribution in [0.2, 0.25) is 0 Å². The van der Waals surface area contributed by atoms with Crippen molar-refractivity contribution < 1.29 is 9.59 Å². The molecule has 1 aromatic carbocycles. The maximum Gasteiger partial charge on any atom is 0.251 e. The molecule has 5 rings (SSSR count). The Hall–Kier alpha value is -1.84. The Bertz CT molecular complexity index is 635. The first-order valence-corrected chi connectivity index (χ1v) is 10.2. The Balaban J connectivity index is 1.24. The summed E-state index contributed by atoms with van der Waals surface area (Å²) in [5.74, 6) is 2.55. The summed E-state index contributed by atoms with van der Waals surface area (Å²) in [6.45, 7) is 2.48. The Kier molecular flexibility index (Phi) is 4.76. The van der Waals surface area contributed by atoms with E-state index in [1.807, 2.05) is 18.2 Å². The van der Waals surface area contributed by atoms with Crippen molar-refractivity contribution >= 4 is 11.8 Å². The third-order valence-electron chi connectivity index (χ3n) is 6.90. The van der Waals surface area contributed by atoms with E-state index in [0.29, 0.717) is 11.0 Å². The van der Waals surface area contributed by atoms with Crippen molar-refractivity contribution in [3.63, 3.8) is 0 Å². The predicted molar refractivity (Wildman–Crippen MR) is 102 cm³/mol. The Morgan fingerprint density at radius 3 is 2.19 bits per heavy atom. The fourth-order valence-corrected chi connectivity index (χ4v) is 6.14. The number of hydrogen-bond acceptors (Lipinski definition) is 2. The Morgan fingerprint density at radius 2 is 1.62 bits per heavy atom. The smallest absolute Gasteiger partial charge is 0.251 e. The predicted octanol–water partition coefficient (Wildman–Crippen LogP) is 3.53. The van der Waals surface area contributed by atoms with Crippen LogP contribution in [-0.2, 0) is 4.79 Å². The van der Waals surface area contributed by atoms with Crippen LogP contribution >= 0.6 is 0 Å². The minimum Gasteiger partial charge on any atom is -0.354 e. The van der Waals surface area contributed by atoms with Crippen LogP contribution < -0.4 is 10.6 Å². The largest absolute Gasteiger partial charge is 0.354 e. The third-order valence-corrected chi connectivity index (χ3v) is 6.90. The summed E-state index contributed by atoms with van der Waals surface area (Å²) in [7, 11) is 0. The lowest BCUT2D eigenvalue weighted by molar-refractivity contribution is -0.123. The zero-order chi connectivity index (χ0) is 18.1. The molecule has 2 amide bonds. The summed E-state index contributed by atoms with van der Waals surface area (Å²) in [6, 6.07) is 8.52. The fraction of sp³-hybridized carbons (Fsp3) is 0.636. The topological polar surface area (TPSA) is 58.2 Å². The molecule has 140 valence electrons. The van der Waals surface area contributed by atoms with Crippen LogP contribution in [-0.4, -0.2) is 24.4 Å². The minimum atomic E-state index is -0.515. The second-order valence-corrected chi connectivity index (χ2v) is 9.02. The first-order valence-electron chi connectivity index (χ1n) is 10.2. The van der Waals surface area contributed by atoms with Crippen molar-refractivity contribution in [2.24, 2.45) is 23.2 Å². The van der Waals surface area contributed by atoms with Crippen molar-refractivity contribution in [2.75, 3.05) is 6.54 Å². The quantitative estimate of drug-likeness (QED) is 0.821. The molecule has 4 aliphatic carbocycles. The maximum atomic E-state index is 12.4. The number of benzene rings is 1. The second-order valence-electron chi connectivity index (χ2n) is 9.02. The van der Waals surface area contributed by atoms with Crippen LogP contribution in [0.5, 0.6) is 0 Å². The van der Waals surface area contributed by atoms with Gasteiger partial charge >= 0.3 is 0 Å². The van der Waals surface area contributed by atoms with Crippen LogP contribution in [0.25, 0.3) is 0 Å². The average molecular weight is 354 g/mol. The van der Waals surface area contributed by atoms with Crippen LogP contribution in [0.4, 0.5) is 0 Å². The first-order chi connectivity index (χ1) is 12.5. The molecule has 26 heavy (non-hydrogen) atoms. The molecule has 0 radical (unpaired) electrons. The highest BCUT2D eigenvalue weighted by Crippen LogP contribution is 2.61. The van der Waals surface area contributed by atoms with Gasteiger partial charge in [0.1, 0.15) is 6.04 Å². The highest BCUT2D eigenvalue weighted by molar-refractivity contribution is 5.97. The van der Waals surface area contributed by atoms with Crippen molar-refractivity contribution in [3.8, 4) is 0 Å². The van der Waals surface area contributed by atoms with Gasteiger partial charge in [-0.25, -0.2) is 0 Å². The molecule has 1 atom stereocenters. The Morgan fingerprint density at radius 1 is 1.04 bits per heavy atom. The molecule has 0 saturated heterocycles. The first kappa shape index (κ1) is 17.6. The van der Waals surface area contributed by atoms with Gasteiger partial charge < -0.3 is 10.6 Å². The molecular weight excluding hydrogens is 324 g/mol. The summed E-state index contributed by atoms with van der Waals surface area (Å²) in [4.78, 5) is 24.5. The molecule has 0 spiro atoms. The van der Waals surface area contributed by atoms with Gasteiger partial charge in [0, 0.05) is 12.1 Å². The summed E-state index contributed by atoms with van der Waals surface area (Å²) in [5, 5.41) is 5.85. The van der Waals surface area contributed by atoms with E-state index in [1.54, 1.807) is 19.1 Å². The zero-order valence-electron chi connectivity index (χ0n) is 15.7.